The van der Waals surface area contributed by atoms with Gasteiger partial charge in [0.05, 0.1) is 6.42 Å². The Hall–Kier alpha value is -2.00. The van der Waals surface area contributed by atoms with Crippen molar-refractivity contribution in [3.63, 3.8) is 0 Å². The molecule has 19 heavy (non-hydrogen) atoms. The molecule has 3 nitrogen and oxygen atoms in total. The molecule has 0 bridgehead atoms. The van der Waals surface area contributed by atoms with Gasteiger partial charge in [-0.15, -0.1) is 0 Å². The summed E-state index contributed by atoms with van der Waals surface area (Å²) in [5, 5.41) is 12.7. The predicted molar refractivity (Wildman–Crippen MR) is 75.1 cm³/mol. The Kier molecular flexibility index (Phi) is 4.42. The van der Waals surface area contributed by atoms with Crippen LogP contribution in [0.15, 0.2) is 48.5 Å². The van der Waals surface area contributed by atoms with Crippen LogP contribution in [-0.4, -0.2) is 11.0 Å². The Morgan fingerprint density at radius 3 is 2.68 bits per heavy atom. The molecule has 2 rings (SSSR count). The minimum absolute atomic E-state index is 0.101. The highest BCUT2D eigenvalue weighted by Crippen LogP contribution is 2.15. The Bertz CT molecular complexity index is 584. The van der Waals surface area contributed by atoms with Gasteiger partial charge in [0.1, 0.15) is 5.75 Å². The molecule has 0 spiro atoms. The average Bonchev–Trinajstić information content (AvgIpc) is 2.39. The van der Waals surface area contributed by atoms with E-state index < -0.39 is 0 Å². The molecule has 2 aromatic carbocycles. The van der Waals surface area contributed by atoms with Gasteiger partial charge in [-0.3, -0.25) is 4.79 Å². The van der Waals surface area contributed by atoms with Crippen LogP contribution >= 0.6 is 11.6 Å². The maximum absolute atomic E-state index is 11.8. The highest BCUT2D eigenvalue weighted by molar-refractivity contribution is 6.31. The van der Waals surface area contributed by atoms with Crippen molar-refractivity contribution in [2.75, 3.05) is 0 Å². The van der Waals surface area contributed by atoms with Crippen LogP contribution in [-0.2, 0) is 17.8 Å². The number of nitrogens with one attached hydrogen (secondary N) is 1. The number of carbonyl (C=O) groups excluding carboxylic acids is 1. The van der Waals surface area contributed by atoms with Crippen molar-refractivity contribution in [3.8, 4) is 5.75 Å². The van der Waals surface area contributed by atoms with Crippen LogP contribution in [0.5, 0.6) is 5.75 Å². The maximum atomic E-state index is 11.8. The normalized spacial score (nSPS) is 10.2. The van der Waals surface area contributed by atoms with Crippen LogP contribution in [0.25, 0.3) is 0 Å². The third-order valence-electron chi connectivity index (χ3n) is 2.71. The van der Waals surface area contributed by atoms with E-state index in [1.165, 1.54) is 0 Å². The number of benzene rings is 2. The van der Waals surface area contributed by atoms with Crippen LogP contribution in [0.3, 0.4) is 0 Å². The van der Waals surface area contributed by atoms with E-state index >= 15 is 0 Å². The molecule has 0 aromatic heterocycles. The third kappa shape index (κ3) is 4.00. The highest BCUT2D eigenvalue weighted by Gasteiger charge is 2.06. The number of hydrogen-bond donors (Lipinski definition) is 2. The molecule has 0 aliphatic heterocycles. The van der Waals surface area contributed by atoms with Gasteiger partial charge >= 0.3 is 0 Å². The zero-order chi connectivity index (χ0) is 13.7. The van der Waals surface area contributed by atoms with Crippen LogP contribution in [0.4, 0.5) is 0 Å². The average molecular weight is 276 g/mol. The van der Waals surface area contributed by atoms with Gasteiger partial charge in [0.2, 0.25) is 5.91 Å². The van der Waals surface area contributed by atoms with Crippen molar-refractivity contribution in [1.82, 2.24) is 5.32 Å². The first-order valence-corrected chi connectivity index (χ1v) is 6.31. The first-order chi connectivity index (χ1) is 9.15. The quantitative estimate of drug-likeness (QED) is 0.901. The molecule has 2 aromatic rings. The first-order valence-electron chi connectivity index (χ1n) is 5.93. The van der Waals surface area contributed by atoms with Gasteiger partial charge in [0.25, 0.3) is 0 Å². The molecule has 98 valence electrons. The van der Waals surface area contributed by atoms with E-state index in [1.54, 1.807) is 24.3 Å². The summed E-state index contributed by atoms with van der Waals surface area (Å²) < 4.78 is 0. The lowest BCUT2D eigenvalue weighted by Gasteiger charge is -2.07. The minimum Gasteiger partial charge on any atom is -0.508 e. The van der Waals surface area contributed by atoms with E-state index in [1.807, 2.05) is 24.3 Å². The van der Waals surface area contributed by atoms with Gasteiger partial charge in [-0.25, -0.2) is 0 Å². The van der Waals surface area contributed by atoms with E-state index in [9.17, 15) is 9.90 Å². The van der Waals surface area contributed by atoms with E-state index in [0.717, 1.165) is 11.1 Å². The second-order valence-electron chi connectivity index (χ2n) is 4.21. The number of phenols is 1. The summed E-state index contributed by atoms with van der Waals surface area (Å²) in [7, 11) is 0. The Morgan fingerprint density at radius 1 is 1.16 bits per heavy atom. The molecule has 0 aliphatic carbocycles. The van der Waals surface area contributed by atoms with Gasteiger partial charge in [0, 0.05) is 11.6 Å². The summed E-state index contributed by atoms with van der Waals surface area (Å²) in [6.07, 6.45) is 0.249. The van der Waals surface area contributed by atoms with Gasteiger partial charge in [0.15, 0.2) is 0 Å². The maximum Gasteiger partial charge on any atom is 0.224 e. The van der Waals surface area contributed by atoms with Gasteiger partial charge in [-0.2, -0.15) is 0 Å². The van der Waals surface area contributed by atoms with E-state index in [4.69, 9.17) is 11.6 Å². The second-order valence-corrected chi connectivity index (χ2v) is 4.62. The largest absolute Gasteiger partial charge is 0.508 e. The monoisotopic (exact) mass is 275 g/mol. The van der Waals surface area contributed by atoms with Crippen LogP contribution < -0.4 is 5.32 Å². The predicted octanol–water partition coefficient (Wildman–Crippen LogP) is 2.90. The minimum atomic E-state index is -0.101. The molecule has 0 fully saturated rings. The Morgan fingerprint density at radius 2 is 1.95 bits per heavy atom. The fourth-order valence-corrected chi connectivity index (χ4v) is 1.95. The van der Waals surface area contributed by atoms with Gasteiger partial charge in [-0.05, 0) is 29.3 Å². The number of carbonyl (C=O) groups is 1. The second kappa shape index (κ2) is 6.25. The molecule has 0 atom stereocenters. The summed E-state index contributed by atoms with van der Waals surface area (Å²) >= 11 is 5.99. The van der Waals surface area contributed by atoms with E-state index in [2.05, 4.69) is 5.32 Å². The zero-order valence-electron chi connectivity index (χ0n) is 10.3. The molecule has 4 heteroatoms. The number of rotatable bonds is 4. The van der Waals surface area contributed by atoms with Gasteiger partial charge < -0.3 is 10.4 Å². The molecule has 2 N–H and O–H groups in total. The smallest absolute Gasteiger partial charge is 0.224 e. The Labute approximate surface area is 116 Å². The topological polar surface area (TPSA) is 49.3 Å². The van der Waals surface area contributed by atoms with Crippen molar-refractivity contribution < 1.29 is 9.90 Å². The fourth-order valence-electron chi connectivity index (χ4n) is 1.74. The molecule has 0 aliphatic rings. The lowest BCUT2D eigenvalue weighted by molar-refractivity contribution is -0.120. The van der Waals surface area contributed by atoms with Crippen LogP contribution in [0.2, 0.25) is 5.02 Å². The molecule has 0 radical (unpaired) electrons. The summed E-state index contributed by atoms with van der Waals surface area (Å²) in [6.45, 7) is 0.387. The number of halogens is 1. The van der Waals surface area contributed by atoms with Crippen molar-refractivity contribution in [2.24, 2.45) is 0 Å². The van der Waals surface area contributed by atoms with Crippen molar-refractivity contribution in [3.05, 3.63) is 64.7 Å². The SMILES string of the molecule is O=C(Cc1ccccc1Cl)NCc1cccc(O)c1. The summed E-state index contributed by atoms with van der Waals surface area (Å²) in [6, 6.07) is 14.1. The number of aromatic hydroxyl groups is 1. The molecule has 0 unspecified atom stereocenters. The van der Waals surface area contributed by atoms with Crippen LogP contribution in [0, 0.1) is 0 Å². The molecule has 0 heterocycles. The molecule has 0 saturated carbocycles. The zero-order valence-corrected chi connectivity index (χ0v) is 11.0. The number of amides is 1. The van der Waals surface area contributed by atoms with Crippen molar-refractivity contribution in [2.45, 2.75) is 13.0 Å². The summed E-state index contributed by atoms with van der Waals surface area (Å²) in [5.41, 5.74) is 1.66. The standard InChI is InChI=1S/C15H14ClNO2/c16-14-7-2-1-5-12(14)9-15(19)17-10-11-4-3-6-13(18)8-11/h1-8,18H,9-10H2,(H,17,19). The molecule has 0 saturated heterocycles. The van der Waals surface area contributed by atoms with Crippen molar-refractivity contribution >= 4 is 17.5 Å². The number of phenolic OH excluding ortho intramolecular Hbond substituents is 1. The van der Waals surface area contributed by atoms with Crippen LogP contribution in [0.1, 0.15) is 11.1 Å². The lowest BCUT2D eigenvalue weighted by Crippen LogP contribution is -2.24. The van der Waals surface area contributed by atoms with E-state index in [-0.39, 0.29) is 18.1 Å². The third-order valence-corrected chi connectivity index (χ3v) is 3.08. The van der Waals surface area contributed by atoms with E-state index in [0.29, 0.717) is 11.6 Å². The summed E-state index contributed by atoms with van der Waals surface area (Å²) in [5.74, 6) is 0.0919. The number of hydrogen-bond acceptors (Lipinski definition) is 2. The highest BCUT2D eigenvalue weighted by atomic mass is 35.5. The fraction of sp³-hybridized carbons (Fsp3) is 0.133. The molecular formula is C15H14ClNO2. The van der Waals surface area contributed by atoms with Crippen molar-refractivity contribution in [1.29, 1.82) is 0 Å². The first kappa shape index (κ1) is 13.4. The lowest BCUT2D eigenvalue weighted by atomic mass is 10.1. The molecular weight excluding hydrogens is 262 g/mol. The summed E-state index contributed by atoms with van der Waals surface area (Å²) in [4.78, 5) is 11.8. The van der Waals surface area contributed by atoms with Gasteiger partial charge in [-0.1, -0.05) is 41.9 Å². The molecule has 1 amide bonds. The Balaban J connectivity index is 1.90.